The summed E-state index contributed by atoms with van der Waals surface area (Å²) in [6.45, 7) is 5.92. The van der Waals surface area contributed by atoms with E-state index in [9.17, 15) is 4.79 Å². The molecule has 0 saturated carbocycles. The number of benzene rings is 1. The Labute approximate surface area is 114 Å². The van der Waals surface area contributed by atoms with Gasteiger partial charge in [-0.1, -0.05) is 30.3 Å². The zero-order chi connectivity index (χ0) is 13.6. The molecule has 1 amide bonds. The standard InChI is InChI=1S/C14H22N2OS/c1-11(12-7-5-4-6-8-12)16-13(17)9-18-10-14(2,3)15/h4-8,11H,9-10,15H2,1-3H3,(H,16,17). The first-order chi connectivity index (χ1) is 8.38. The SMILES string of the molecule is CC(NC(=O)CSCC(C)(C)N)c1ccccc1. The fraction of sp³-hybridized carbons (Fsp3) is 0.500. The van der Waals surface area contributed by atoms with E-state index in [2.05, 4.69) is 5.32 Å². The third-order valence-electron chi connectivity index (χ3n) is 2.38. The average Bonchev–Trinajstić information content (AvgIpc) is 2.28. The lowest BCUT2D eigenvalue weighted by Crippen LogP contribution is -2.36. The molecule has 0 aromatic heterocycles. The molecule has 0 heterocycles. The smallest absolute Gasteiger partial charge is 0.230 e. The number of nitrogens with two attached hydrogens (primary N) is 1. The van der Waals surface area contributed by atoms with E-state index >= 15 is 0 Å². The van der Waals surface area contributed by atoms with Crippen molar-refractivity contribution in [1.29, 1.82) is 0 Å². The van der Waals surface area contributed by atoms with E-state index in [0.29, 0.717) is 5.75 Å². The van der Waals surface area contributed by atoms with Gasteiger partial charge in [-0.15, -0.1) is 0 Å². The van der Waals surface area contributed by atoms with Gasteiger partial charge in [0.15, 0.2) is 0 Å². The predicted octanol–water partition coefficient (Wildman–Crippen LogP) is 2.33. The first-order valence-corrected chi connectivity index (χ1v) is 7.25. The maximum atomic E-state index is 11.7. The lowest BCUT2D eigenvalue weighted by Gasteiger charge is -2.18. The molecule has 0 fully saturated rings. The highest BCUT2D eigenvalue weighted by atomic mass is 32.2. The van der Waals surface area contributed by atoms with Crippen LogP contribution < -0.4 is 11.1 Å². The third kappa shape index (κ3) is 6.07. The Kier molecular flexibility index (Phi) is 5.69. The van der Waals surface area contributed by atoms with Crippen molar-refractivity contribution in [3.63, 3.8) is 0 Å². The van der Waals surface area contributed by atoms with Crippen molar-refractivity contribution in [3.05, 3.63) is 35.9 Å². The number of thioether (sulfide) groups is 1. The van der Waals surface area contributed by atoms with Gasteiger partial charge in [-0.2, -0.15) is 11.8 Å². The molecule has 1 aromatic rings. The van der Waals surface area contributed by atoms with Crippen LogP contribution in [0.25, 0.3) is 0 Å². The summed E-state index contributed by atoms with van der Waals surface area (Å²) in [5.74, 6) is 1.29. The Balaban J connectivity index is 2.32. The molecule has 0 radical (unpaired) electrons. The molecule has 3 N–H and O–H groups in total. The number of hydrogen-bond donors (Lipinski definition) is 2. The maximum Gasteiger partial charge on any atom is 0.230 e. The Morgan fingerprint density at radius 3 is 2.56 bits per heavy atom. The molecular weight excluding hydrogens is 244 g/mol. The van der Waals surface area contributed by atoms with Gasteiger partial charge in [0.2, 0.25) is 5.91 Å². The van der Waals surface area contributed by atoms with E-state index in [0.717, 1.165) is 11.3 Å². The second kappa shape index (κ2) is 6.81. The average molecular weight is 266 g/mol. The van der Waals surface area contributed by atoms with Crippen LogP contribution in [0.4, 0.5) is 0 Å². The van der Waals surface area contributed by atoms with E-state index in [4.69, 9.17) is 5.73 Å². The van der Waals surface area contributed by atoms with Crippen LogP contribution >= 0.6 is 11.8 Å². The van der Waals surface area contributed by atoms with Gasteiger partial charge in [-0.25, -0.2) is 0 Å². The van der Waals surface area contributed by atoms with E-state index in [1.807, 2.05) is 51.1 Å². The minimum Gasteiger partial charge on any atom is -0.349 e. The molecule has 1 unspecified atom stereocenters. The Bertz CT molecular complexity index is 373. The van der Waals surface area contributed by atoms with E-state index < -0.39 is 0 Å². The molecule has 0 aliphatic carbocycles. The van der Waals surface area contributed by atoms with Crippen molar-refractivity contribution >= 4 is 17.7 Å². The highest BCUT2D eigenvalue weighted by Gasteiger charge is 2.13. The summed E-state index contributed by atoms with van der Waals surface area (Å²) in [7, 11) is 0. The number of rotatable bonds is 6. The summed E-state index contributed by atoms with van der Waals surface area (Å²) in [5, 5.41) is 2.98. The first kappa shape index (κ1) is 15.1. The molecule has 100 valence electrons. The van der Waals surface area contributed by atoms with Gasteiger partial charge in [0.1, 0.15) is 0 Å². The zero-order valence-corrected chi connectivity index (χ0v) is 12.1. The van der Waals surface area contributed by atoms with Crippen LogP contribution in [0.2, 0.25) is 0 Å². The van der Waals surface area contributed by atoms with Crippen molar-refractivity contribution < 1.29 is 4.79 Å². The summed E-state index contributed by atoms with van der Waals surface area (Å²) in [6, 6.07) is 10.00. The van der Waals surface area contributed by atoms with Crippen LogP contribution in [0.3, 0.4) is 0 Å². The molecule has 1 aromatic carbocycles. The topological polar surface area (TPSA) is 55.1 Å². The van der Waals surface area contributed by atoms with Crippen LogP contribution in [0.1, 0.15) is 32.4 Å². The van der Waals surface area contributed by atoms with Crippen molar-refractivity contribution in [2.75, 3.05) is 11.5 Å². The van der Waals surface area contributed by atoms with Crippen molar-refractivity contribution in [1.82, 2.24) is 5.32 Å². The number of amides is 1. The van der Waals surface area contributed by atoms with Gasteiger partial charge in [0, 0.05) is 11.3 Å². The largest absolute Gasteiger partial charge is 0.349 e. The van der Waals surface area contributed by atoms with Crippen LogP contribution in [0, 0.1) is 0 Å². The highest BCUT2D eigenvalue weighted by Crippen LogP contribution is 2.13. The van der Waals surface area contributed by atoms with Gasteiger partial charge in [-0.05, 0) is 26.3 Å². The maximum absolute atomic E-state index is 11.7. The minimum atomic E-state index is -0.226. The molecule has 0 bridgehead atoms. The Hall–Kier alpha value is -1.00. The predicted molar refractivity (Wildman–Crippen MR) is 78.6 cm³/mol. The van der Waals surface area contributed by atoms with Crippen molar-refractivity contribution in [3.8, 4) is 0 Å². The zero-order valence-electron chi connectivity index (χ0n) is 11.3. The fourth-order valence-electron chi connectivity index (χ4n) is 1.51. The molecule has 1 rings (SSSR count). The van der Waals surface area contributed by atoms with Crippen LogP contribution in [0.5, 0.6) is 0 Å². The molecule has 0 saturated heterocycles. The van der Waals surface area contributed by atoms with Gasteiger partial charge in [-0.3, -0.25) is 4.79 Å². The van der Waals surface area contributed by atoms with Gasteiger partial charge in [0.05, 0.1) is 11.8 Å². The molecule has 1 atom stereocenters. The van der Waals surface area contributed by atoms with Crippen molar-refractivity contribution in [2.24, 2.45) is 5.73 Å². The molecule has 0 aliphatic rings. The molecular formula is C14H22N2OS. The summed E-state index contributed by atoms with van der Waals surface area (Å²) in [4.78, 5) is 11.7. The number of nitrogens with one attached hydrogen (secondary N) is 1. The van der Waals surface area contributed by atoms with E-state index in [-0.39, 0.29) is 17.5 Å². The van der Waals surface area contributed by atoms with Gasteiger partial charge < -0.3 is 11.1 Å². The second-order valence-electron chi connectivity index (χ2n) is 5.18. The highest BCUT2D eigenvalue weighted by molar-refractivity contribution is 8.00. The van der Waals surface area contributed by atoms with Gasteiger partial charge in [0.25, 0.3) is 0 Å². The van der Waals surface area contributed by atoms with E-state index in [1.54, 1.807) is 11.8 Å². The third-order valence-corrected chi connectivity index (χ3v) is 3.80. The summed E-state index contributed by atoms with van der Waals surface area (Å²) in [5.41, 5.74) is 6.76. The van der Waals surface area contributed by atoms with E-state index in [1.165, 1.54) is 0 Å². The summed E-state index contributed by atoms with van der Waals surface area (Å²) in [6.07, 6.45) is 0. The lowest BCUT2D eigenvalue weighted by molar-refractivity contribution is -0.119. The fourth-order valence-corrected chi connectivity index (χ4v) is 2.41. The number of hydrogen-bond acceptors (Lipinski definition) is 3. The second-order valence-corrected chi connectivity index (χ2v) is 6.17. The number of carbonyl (C=O) groups is 1. The van der Waals surface area contributed by atoms with Crippen LogP contribution in [-0.2, 0) is 4.79 Å². The molecule has 0 aliphatic heterocycles. The molecule has 3 nitrogen and oxygen atoms in total. The molecule has 18 heavy (non-hydrogen) atoms. The van der Waals surface area contributed by atoms with Gasteiger partial charge >= 0.3 is 0 Å². The van der Waals surface area contributed by atoms with Crippen LogP contribution in [-0.4, -0.2) is 23.0 Å². The summed E-state index contributed by atoms with van der Waals surface area (Å²) < 4.78 is 0. The monoisotopic (exact) mass is 266 g/mol. The molecule has 4 heteroatoms. The Morgan fingerprint density at radius 2 is 2.00 bits per heavy atom. The first-order valence-electron chi connectivity index (χ1n) is 6.09. The quantitative estimate of drug-likeness (QED) is 0.831. The van der Waals surface area contributed by atoms with Crippen molar-refractivity contribution in [2.45, 2.75) is 32.4 Å². The van der Waals surface area contributed by atoms with Crippen LogP contribution in [0.15, 0.2) is 30.3 Å². The lowest BCUT2D eigenvalue weighted by atomic mass is 10.1. The molecule has 0 spiro atoms. The Morgan fingerprint density at radius 1 is 1.39 bits per heavy atom. The number of carbonyl (C=O) groups excluding carboxylic acids is 1. The summed E-state index contributed by atoms with van der Waals surface area (Å²) >= 11 is 1.57. The minimum absolute atomic E-state index is 0.0465. The normalized spacial score (nSPS) is 13.1.